The predicted octanol–water partition coefficient (Wildman–Crippen LogP) is 2.77. The number of terminal acetylenes is 1. The van der Waals surface area contributed by atoms with Crippen molar-refractivity contribution in [3.8, 4) is 12.3 Å². The van der Waals surface area contributed by atoms with Crippen molar-refractivity contribution in [2.24, 2.45) is 11.8 Å². The molecule has 5 rings (SSSR count). The van der Waals surface area contributed by atoms with Crippen molar-refractivity contribution < 1.29 is 17.7 Å². The number of carbonyl (C=O) groups excluding carboxylic acids is 1. The number of sulfonamides is 1. The van der Waals surface area contributed by atoms with E-state index in [0.717, 1.165) is 43.9 Å². The summed E-state index contributed by atoms with van der Waals surface area (Å²) in [5.74, 6) is 3.06. The molecular weight excluding hydrogens is 452 g/mol. The number of likely N-dealkylation sites (tertiary alicyclic amines) is 2. The Kier molecular flexibility index (Phi) is 5.58. The zero-order valence-electron chi connectivity index (χ0n) is 19.1. The Morgan fingerprint density at radius 3 is 2.53 bits per heavy atom. The second kappa shape index (κ2) is 8.46. The standard InChI is InChI=1S/C25H26N4O4S/c1-4-23(30)29-14-19-12-28(13-20(19)15-29)11-18-9-17(3)24-21(10-18)33-26-25(24)27-34(31,32)22-8-6-5-7-16(22)2/h1,5-10,19-20H,11-15H2,2-3H3,(H,26,27)/t19-,20+. The summed E-state index contributed by atoms with van der Waals surface area (Å²) in [6.07, 6.45) is 5.26. The van der Waals surface area contributed by atoms with E-state index in [2.05, 4.69) is 20.7 Å². The molecule has 0 saturated carbocycles. The van der Waals surface area contributed by atoms with E-state index in [1.54, 1.807) is 36.1 Å². The molecule has 1 N–H and O–H groups in total. The van der Waals surface area contributed by atoms with Crippen LogP contribution in [0, 0.1) is 38.0 Å². The number of hydrogen-bond donors (Lipinski definition) is 1. The number of nitrogens with zero attached hydrogens (tertiary/aromatic N) is 3. The van der Waals surface area contributed by atoms with Gasteiger partial charge in [-0.05, 0) is 60.4 Å². The number of benzene rings is 2. The molecule has 2 aliphatic heterocycles. The zero-order chi connectivity index (χ0) is 24.0. The molecule has 2 fully saturated rings. The highest BCUT2D eigenvalue weighted by Crippen LogP contribution is 2.34. The fourth-order valence-electron chi connectivity index (χ4n) is 5.28. The van der Waals surface area contributed by atoms with Crippen molar-refractivity contribution >= 4 is 32.7 Å². The lowest BCUT2D eigenvalue weighted by Crippen LogP contribution is -2.32. The molecule has 1 aromatic heterocycles. The highest BCUT2D eigenvalue weighted by atomic mass is 32.2. The molecule has 0 aliphatic carbocycles. The Morgan fingerprint density at radius 2 is 1.85 bits per heavy atom. The molecule has 34 heavy (non-hydrogen) atoms. The number of carbonyl (C=O) groups is 1. The maximum Gasteiger partial charge on any atom is 0.298 e. The summed E-state index contributed by atoms with van der Waals surface area (Å²) in [5.41, 5.74) is 3.17. The molecular formula is C25H26N4O4S. The van der Waals surface area contributed by atoms with Crippen LogP contribution in [0.4, 0.5) is 5.82 Å². The lowest BCUT2D eigenvalue weighted by Gasteiger charge is -2.20. The summed E-state index contributed by atoms with van der Waals surface area (Å²) in [4.78, 5) is 16.1. The van der Waals surface area contributed by atoms with Crippen LogP contribution in [0.25, 0.3) is 11.0 Å². The minimum absolute atomic E-state index is 0.191. The van der Waals surface area contributed by atoms with Gasteiger partial charge in [-0.2, -0.15) is 0 Å². The van der Waals surface area contributed by atoms with Crippen molar-refractivity contribution in [3.63, 3.8) is 0 Å². The number of aromatic nitrogens is 1. The third-order valence-corrected chi connectivity index (χ3v) is 8.32. The summed E-state index contributed by atoms with van der Waals surface area (Å²) < 4.78 is 33.9. The first-order chi connectivity index (χ1) is 16.2. The van der Waals surface area contributed by atoms with Crippen molar-refractivity contribution in [2.75, 3.05) is 30.9 Å². The monoisotopic (exact) mass is 478 g/mol. The van der Waals surface area contributed by atoms with Crippen LogP contribution in [0.15, 0.2) is 45.8 Å². The lowest BCUT2D eigenvalue weighted by atomic mass is 10.0. The Labute approximate surface area is 198 Å². The van der Waals surface area contributed by atoms with Gasteiger partial charge >= 0.3 is 0 Å². The summed E-state index contributed by atoms with van der Waals surface area (Å²) in [7, 11) is -3.79. The Bertz CT molecular complexity index is 1410. The highest BCUT2D eigenvalue weighted by Gasteiger charge is 2.41. The minimum atomic E-state index is -3.79. The van der Waals surface area contributed by atoms with Crippen molar-refractivity contribution in [3.05, 3.63) is 53.1 Å². The molecule has 3 aromatic rings. The lowest BCUT2D eigenvalue weighted by molar-refractivity contribution is -0.124. The fourth-order valence-corrected chi connectivity index (χ4v) is 6.53. The second-order valence-electron chi connectivity index (χ2n) is 9.26. The van der Waals surface area contributed by atoms with Crippen molar-refractivity contribution in [1.82, 2.24) is 15.0 Å². The number of amides is 1. The van der Waals surface area contributed by atoms with E-state index in [1.165, 1.54) is 0 Å². The van der Waals surface area contributed by atoms with Gasteiger partial charge in [-0.3, -0.25) is 14.4 Å². The van der Waals surface area contributed by atoms with Crippen LogP contribution in [0.3, 0.4) is 0 Å². The Morgan fingerprint density at radius 1 is 1.15 bits per heavy atom. The zero-order valence-corrected chi connectivity index (χ0v) is 19.9. The normalized spacial score (nSPS) is 20.4. The molecule has 2 atom stereocenters. The Balaban J connectivity index is 1.32. The van der Waals surface area contributed by atoms with Gasteiger partial charge in [0.25, 0.3) is 15.9 Å². The minimum Gasteiger partial charge on any atom is -0.354 e. The van der Waals surface area contributed by atoms with Gasteiger partial charge in [-0.15, -0.1) is 6.42 Å². The van der Waals surface area contributed by atoms with Crippen LogP contribution in [-0.2, 0) is 21.4 Å². The fraction of sp³-hybridized carbons (Fsp3) is 0.360. The van der Waals surface area contributed by atoms with Gasteiger partial charge in [0.15, 0.2) is 11.4 Å². The smallest absolute Gasteiger partial charge is 0.298 e. The number of rotatable bonds is 5. The molecule has 0 unspecified atom stereocenters. The SMILES string of the molecule is C#CC(=O)N1C[C@H]2CN(Cc3cc(C)c4c(NS(=O)(=O)c5ccccc5C)noc4c3)C[C@H]2C1. The van der Waals surface area contributed by atoms with Crippen LogP contribution >= 0.6 is 0 Å². The summed E-state index contributed by atoms with van der Waals surface area (Å²) in [6, 6.07) is 10.8. The number of aryl methyl sites for hydroxylation is 2. The van der Waals surface area contributed by atoms with Crippen LogP contribution < -0.4 is 4.72 Å². The van der Waals surface area contributed by atoms with Gasteiger partial charge in [0.1, 0.15) is 0 Å². The number of anilines is 1. The molecule has 9 heteroatoms. The molecule has 0 spiro atoms. The van der Waals surface area contributed by atoms with E-state index >= 15 is 0 Å². The highest BCUT2D eigenvalue weighted by molar-refractivity contribution is 7.92. The number of nitrogens with one attached hydrogen (secondary N) is 1. The summed E-state index contributed by atoms with van der Waals surface area (Å²) >= 11 is 0. The molecule has 2 aliphatic rings. The molecule has 0 bridgehead atoms. The molecule has 1 amide bonds. The topological polar surface area (TPSA) is 95.8 Å². The molecule has 2 saturated heterocycles. The van der Waals surface area contributed by atoms with Gasteiger partial charge in [-0.25, -0.2) is 8.42 Å². The molecule has 176 valence electrons. The average Bonchev–Trinajstić information content (AvgIpc) is 3.47. The first kappa shape index (κ1) is 22.4. The van der Waals surface area contributed by atoms with E-state index in [9.17, 15) is 13.2 Å². The maximum atomic E-state index is 12.9. The molecule has 8 nitrogen and oxygen atoms in total. The largest absolute Gasteiger partial charge is 0.354 e. The van der Waals surface area contributed by atoms with Gasteiger partial charge in [0.05, 0.1) is 10.3 Å². The number of hydrogen-bond acceptors (Lipinski definition) is 6. The van der Waals surface area contributed by atoms with Gasteiger partial charge in [-0.1, -0.05) is 29.4 Å². The first-order valence-electron chi connectivity index (χ1n) is 11.2. The van der Waals surface area contributed by atoms with Gasteiger partial charge in [0, 0.05) is 32.7 Å². The predicted molar refractivity (Wildman–Crippen MR) is 128 cm³/mol. The average molecular weight is 479 g/mol. The third kappa shape index (κ3) is 4.04. The van der Waals surface area contributed by atoms with E-state index in [4.69, 9.17) is 10.9 Å². The molecule has 2 aromatic carbocycles. The summed E-state index contributed by atoms with van der Waals surface area (Å²) in [6.45, 7) is 7.68. The quantitative estimate of drug-likeness (QED) is 0.567. The van der Waals surface area contributed by atoms with Crippen LogP contribution in [0.2, 0.25) is 0 Å². The molecule has 0 radical (unpaired) electrons. The van der Waals surface area contributed by atoms with Crippen molar-refractivity contribution in [2.45, 2.75) is 25.3 Å². The summed E-state index contributed by atoms with van der Waals surface area (Å²) in [5, 5.41) is 4.67. The van der Waals surface area contributed by atoms with E-state index < -0.39 is 10.0 Å². The van der Waals surface area contributed by atoms with Crippen LogP contribution in [0.5, 0.6) is 0 Å². The van der Waals surface area contributed by atoms with E-state index in [1.807, 2.05) is 19.1 Å². The first-order valence-corrected chi connectivity index (χ1v) is 12.7. The van der Waals surface area contributed by atoms with Crippen LogP contribution in [-0.4, -0.2) is 55.5 Å². The second-order valence-corrected chi connectivity index (χ2v) is 10.9. The van der Waals surface area contributed by atoms with Crippen LogP contribution in [0.1, 0.15) is 16.7 Å². The maximum absolute atomic E-state index is 12.9. The van der Waals surface area contributed by atoms with E-state index in [-0.39, 0.29) is 16.6 Å². The Hall–Kier alpha value is -3.35. The third-order valence-electron chi connectivity index (χ3n) is 6.82. The molecule has 3 heterocycles. The van der Waals surface area contributed by atoms with Gasteiger partial charge < -0.3 is 9.42 Å². The van der Waals surface area contributed by atoms with Gasteiger partial charge in [0.2, 0.25) is 0 Å². The number of fused-ring (bicyclic) bond motifs is 2. The van der Waals surface area contributed by atoms with Crippen molar-refractivity contribution in [1.29, 1.82) is 0 Å². The van der Waals surface area contributed by atoms with E-state index in [0.29, 0.717) is 28.4 Å².